The zero-order chi connectivity index (χ0) is 27.9. The van der Waals surface area contributed by atoms with Gasteiger partial charge in [0, 0.05) is 0 Å². The van der Waals surface area contributed by atoms with Crippen molar-refractivity contribution in [1.82, 2.24) is 0 Å². The molecule has 10 N–H and O–H groups in total. The van der Waals surface area contributed by atoms with E-state index in [0.29, 0.717) is 0 Å². The third kappa shape index (κ3) is 8.88. The number of rotatable bonds is 14. The summed E-state index contributed by atoms with van der Waals surface area (Å²) in [5.41, 5.74) is 0. The fourth-order valence-corrected chi connectivity index (χ4v) is 4.10. The molecular formula is C18H33O18P. The Bertz CT molecular complexity index is 741. The highest BCUT2D eigenvalue weighted by molar-refractivity contribution is 7.47. The summed E-state index contributed by atoms with van der Waals surface area (Å²) in [6, 6.07) is 0. The second-order valence-corrected chi connectivity index (χ2v) is 9.71. The molecule has 218 valence electrons. The van der Waals surface area contributed by atoms with Gasteiger partial charge in [0.1, 0.15) is 61.0 Å². The summed E-state index contributed by atoms with van der Waals surface area (Å²) in [6.45, 7) is -3.94. The lowest BCUT2D eigenvalue weighted by molar-refractivity contribution is -0.367. The van der Waals surface area contributed by atoms with Gasteiger partial charge in [-0.1, -0.05) is 0 Å². The molecule has 2 aliphatic heterocycles. The van der Waals surface area contributed by atoms with E-state index in [-0.39, 0.29) is 6.29 Å². The Morgan fingerprint density at radius 3 is 2.05 bits per heavy atom. The van der Waals surface area contributed by atoms with Crippen LogP contribution in [0.2, 0.25) is 0 Å². The van der Waals surface area contributed by atoms with Gasteiger partial charge < -0.3 is 74.6 Å². The average Bonchev–Trinajstić information content (AvgIpc) is 2.88. The van der Waals surface area contributed by atoms with Gasteiger partial charge in [-0.15, -0.1) is 0 Å². The fraction of sp³-hybridized carbons (Fsp3) is 0.944. The van der Waals surface area contributed by atoms with Crippen molar-refractivity contribution in [3.63, 3.8) is 0 Å². The van der Waals surface area contributed by atoms with E-state index in [4.69, 9.17) is 24.1 Å². The second-order valence-electron chi connectivity index (χ2n) is 8.26. The minimum absolute atomic E-state index is 0.113. The fourth-order valence-electron chi connectivity index (χ4n) is 3.33. The lowest BCUT2D eigenvalue weighted by Crippen LogP contribution is -2.64. The lowest BCUT2D eigenvalue weighted by Gasteiger charge is -2.46. The summed E-state index contributed by atoms with van der Waals surface area (Å²) < 4.78 is 42.4. The number of phosphoric acid groups is 1. The Morgan fingerprint density at radius 1 is 0.838 bits per heavy atom. The standard InChI is InChI=1S/C18H33O18P/c19-1-7(22)4-31-18-16(36-17-15(28)13(26)11(24)9(3-21)34-17)14(27)12(25)10(35-18)6-33-37(29,30)32-5-8(23)2-20/h1,7-18,20-28H,2-6H2,(H,29,30)/t7-,8?,9-,10-,11-,12-,13+,14+,15-,16-,17-,18+/m1/s1. The number of aldehydes is 1. The van der Waals surface area contributed by atoms with Gasteiger partial charge in [-0.2, -0.15) is 0 Å². The molecule has 0 saturated carbocycles. The van der Waals surface area contributed by atoms with Crippen LogP contribution < -0.4 is 0 Å². The molecule has 0 aromatic rings. The highest BCUT2D eigenvalue weighted by Crippen LogP contribution is 2.44. The molecule has 2 aliphatic rings. The van der Waals surface area contributed by atoms with Crippen LogP contribution in [0.1, 0.15) is 0 Å². The second kappa shape index (κ2) is 14.6. The molecule has 19 heteroatoms. The summed E-state index contributed by atoms with van der Waals surface area (Å²) in [7, 11) is -4.83. The summed E-state index contributed by atoms with van der Waals surface area (Å²) in [6.07, 6.45) is -20.6. The third-order valence-corrected chi connectivity index (χ3v) is 6.37. The quantitative estimate of drug-likeness (QED) is 0.0688. The van der Waals surface area contributed by atoms with Crippen LogP contribution in [0.25, 0.3) is 0 Å². The van der Waals surface area contributed by atoms with E-state index in [2.05, 4.69) is 9.05 Å². The molecule has 2 rings (SSSR count). The number of carbonyl (C=O) groups excluding carboxylic acids is 1. The van der Waals surface area contributed by atoms with E-state index in [1.807, 2.05) is 0 Å². The van der Waals surface area contributed by atoms with E-state index in [1.54, 1.807) is 0 Å². The highest BCUT2D eigenvalue weighted by atomic mass is 31.2. The molecule has 37 heavy (non-hydrogen) atoms. The van der Waals surface area contributed by atoms with Gasteiger partial charge >= 0.3 is 7.82 Å². The van der Waals surface area contributed by atoms with E-state index in [1.165, 1.54) is 0 Å². The minimum Gasteiger partial charge on any atom is -0.394 e. The average molecular weight is 568 g/mol. The first-order chi connectivity index (χ1) is 17.3. The van der Waals surface area contributed by atoms with Gasteiger partial charge in [-0.3, -0.25) is 9.05 Å². The molecule has 18 nitrogen and oxygen atoms in total. The molecular weight excluding hydrogens is 535 g/mol. The van der Waals surface area contributed by atoms with Crippen LogP contribution in [0.5, 0.6) is 0 Å². The van der Waals surface area contributed by atoms with Gasteiger partial charge in [0.2, 0.25) is 0 Å². The Labute approximate surface area is 209 Å². The number of aliphatic hydroxyl groups excluding tert-OH is 9. The first kappa shape index (κ1) is 32.5. The van der Waals surface area contributed by atoms with Crippen LogP contribution in [0.4, 0.5) is 0 Å². The topological polar surface area (TPSA) is 292 Å². The van der Waals surface area contributed by atoms with Crippen molar-refractivity contribution in [2.24, 2.45) is 0 Å². The maximum Gasteiger partial charge on any atom is 0.472 e. The van der Waals surface area contributed by atoms with E-state index >= 15 is 0 Å². The smallest absolute Gasteiger partial charge is 0.394 e. The van der Waals surface area contributed by atoms with Gasteiger partial charge in [0.25, 0.3) is 0 Å². The van der Waals surface area contributed by atoms with Gasteiger partial charge in [0.05, 0.1) is 33.0 Å². The number of phosphoric ester groups is 1. The van der Waals surface area contributed by atoms with Gasteiger partial charge in [-0.25, -0.2) is 4.57 Å². The van der Waals surface area contributed by atoms with Crippen molar-refractivity contribution in [2.75, 3.05) is 33.0 Å². The maximum absolute atomic E-state index is 12.0. The molecule has 0 spiro atoms. The van der Waals surface area contributed by atoms with Crippen LogP contribution in [0.15, 0.2) is 0 Å². The Kier molecular flexibility index (Phi) is 12.8. The first-order valence-corrected chi connectivity index (χ1v) is 12.5. The zero-order valence-electron chi connectivity index (χ0n) is 19.2. The highest BCUT2D eigenvalue weighted by Gasteiger charge is 2.51. The van der Waals surface area contributed by atoms with Crippen molar-refractivity contribution in [2.45, 2.75) is 73.6 Å². The van der Waals surface area contributed by atoms with Crippen molar-refractivity contribution in [3.8, 4) is 0 Å². The van der Waals surface area contributed by atoms with Crippen LogP contribution in [0.3, 0.4) is 0 Å². The molecule has 0 aliphatic carbocycles. The van der Waals surface area contributed by atoms with Crippen LogP contribution >= 0.6 is 7.82 Å². The number of hydrogen-bond acceptors (Lipinski definition) is 17. The molecule has 13 atom stereocenters. The molecule has 2 fully saturated rings. The molecule has 0 radical (unpaired) electrons. The van der Waals surface area contributed by atoms with Crippen LogP contribution in [0, 0.1) is 0 Å². The summed E-state index contributed by atoms with van der Waals surface area (Å²) >= 11 is 0. The molecule has 2 saturated heterocycles. The maximum atomic E-state index is 12.0. The van der Waals surface area contributed by atoms with Crippen molar-refractivity contribution >= 4 is 14.1 Å². The van der Waals surface area contributed by atoms with Crippen LogP contribution in [-0.2, 0) is 37.4 Å². The summed E-state index contributed by atoms with van der Waals surface area (Å²) in [4.78, 5) is 20.4. The number of aliphatic hydroxyl groups is 9. The lowest BCUT2D eigenvalue weighted by atomic mass is 9.97. The predicted octanol–water partition coefficient (Wildman–Crippen LogP) is -6.32. The molecule has 0 aromatic heterocycles. The molecule has 0 amide bonds. The number of ether oxygens (including phenoxy) is 4. The minimum atomic E-state index is -4.83. The molecule has 2 heterocycles. The molecule has 2 unspecified atom stereocenters. The largest absolute Gasteiger partial charge is 0.472 e. The van der Waals surface area contributed by atoms with E-state index in [9.17, 15) is 55.1 Å². The van der Waals surface area contributed by atoms with Crippen molar-refractivity contribution in [1.29, 1.82) is 0 Å². The predicted molar refractivity (Wildman–Crippen MR) is 112 cm³/mol. The molecule has 0 bridgehead atoms. The Morgan fingerprint density at radius 2 is 1.46 bits per heavy atom. The van der Waals surface area contributed by atoms with Crippen molar-refractivity contribution in [3.05, 3.63) is 0 Å². The van der Waals surface area contributed by atoms with E-state index in [0.717, 1.165) is 0 Å². The monoisotopic (exact) mass is 568 g/mol. The van der Waals surface area contributed by atoms with Crippen molar-refractivity contribution < 1.29 is 88.2 Å². The van der Waals surface area contributed by atoms with Crippen LogP contribution in [-0.4, -0.2) is 164 Å². The first-order valence-electron chi connectivity index (χ1n) is 11.0. The summed E-state index contributed by atoms with van der Waals surface area (Å²) in [5, 5.41) is 87.9. The normalized spacial score (nSPS) is 40.1. The van der Waals surface area contributed by atoms with E-state index < -0.39 is 114 Å². The molecule has 0 aromatic carbocycles. The Balaban J connectivity index is 2.14. The zero-order valence-corrected chi connectivity index (χ0v) is 20.1. The number of carbonyl (C=O) groups is 1. The summed E-state index contributed by atoms with van der Waals surface area (Å²) in [5.74, 6) is 0. The Hall–Kier alpha value is -0.740. The van der Waals surface area contributed by atoms with Gasteiger partial charge in [0.15, 0.2) is 18.9 Å². The third-order valence-electron chi connectivity index (χ3n) is 5.42. The van der Waals surface area contributed by atoms with Gasteiger partial charge in [-0.05, 0) is 0 Å². The SMILES string of the molecule is O=C[C@@H](O)CO[C@H]1O[C@H](COP(=O)(O)OCC(O)CO)[C@@H](O)[C@H](O)[C@H]1O[C@H]1O[C@H](CO)[C@@H](O)[C@H](O)[C@H]1O. The number of hydrogen-bond donors (Lipinski definition) is 10.